The number of aliphatic hydroxyl groups excluding tert-OH is 1. The van der Waals surface area contributed by atoms with Crippen LogP contribution in [0, 0.1) is 0 Å². The number of aliphatic hydroxyl groups is 1. The van der Waals surface area contributed by atoms with E-state index in [1.807, 2.05) is 13.8 Å². The van der Waals surface area contributed by atoms with Crippen molar-refractivity contribution in [1.29, 1.82) is 0 Å². The van der Waals surface area contributed by atoms with Crippen molar-refractivity contribution in [3.63, 3.8) is 0 Å². The van der Waals surface area contributed by atoms with E-state index in [-0.39, 0.29) is 24.8 Å². The van der Waals surface area contributed by atoms with E-state index in [4.69, 9.17) is 10.2 Å². The molecule has 1 rings (SSSR count). The predicted octanol–water partition coefficient (Wildman–Crippen LogP) is -0.506. The van der Waals surface area contributed by atoms with Gasteiger partial charge in [-0.05, 0) is 0 Å². The topological polar surface area (TPSA) is 128 Å². The largest absolute Gasteiger partial charge is 0.480 e. The Morgan fingerprint density at radius 2 is 2.11 bits per heavy atom. The van der Waals surface area contributed by atoms with Gasteiger partial charge in [0.25, 0.3) is 5.91 Å². The lowest BCUT2D eigenvalue weighted by molar-refractivity contribution is -0.139. The van der Waals surface area contributed by atoms with Crippen LogP contribution in [-0.2, 0) is 4.79 Å². The summed E-state index contributed by atoms with van der Waals surface area (Å²) in [6, 6.07) is -1.15. The Balaban J connectivity index is 2.71. The maximum absolute atomic E-state index is 11.7. The van der Waals surface area contributed by atoms with Crippen LogP contribution in [0.1, 0.15) is 42.6 Å². The number of carboxylic acids is 1. The van der Waals surface area contributed by atoms with Gasteiger partial charge in [-0.3, -0.25) is 9.89 Å². The second-order valence-corrected chi connectivity index (χ2v) is 4.08. The van der Waals surface area contributed by atoms with E-state index in [1.165, 1.54) is 0 Å². The maximum Gasteiger partial charge on any atom is 0.326 e. The first-order valence-corrected chi connectivity index (χ1v) is 5.52. The predicted molar refractivity (Wildman–Crippen MR) is 61.1 cm³/mol. The van der Waals surface area contributed by atoms with E-state index in [0.29, 0.717) is 5.82 Å². The van der Waals surface area contributed by atoms with Gasteiger partial charge in [0.1, 0.15) is 11.9 Å². The fourth-order valence-corrected chi connectivity index (χ4v) is 1.24. The van der Waals surface area contributed by atoms with Crippen molar-refractivity contribution in [3.8, 4) is 0 Å². The monoisotopic (exact) mass is 256 g/mol. The molecule has 4 N–H and O–H groups in total. The highest BCUT2D eigenvalue weighted by atomic mass is 16.4. The van der Waals surface area contributed by atoms with Crippen molar-refractivity contribution in [1.82, 2.24) is 20.5 Å². The summed E-state index contributed by atoms with van der Waals surface area (Å²) in [6.07, 6.45) is -0.0669. The van der Waals surface area contributed by atoms with Gasteiger partial charge in [0, 0.05) is 18.9 Å². The summed E-state index contributed by atoms with van der Waals surface area (Å²) >= 11 is 0. The third-order valence-corrected chi connectivity index (χ3v) is 2.27. The Kier molecular flexibility index (Phi) is 4.78. The lowest BCUT2D eigenvalue weighted by Gasteiger charge is -2.11. The Bertz CT molecular complexity index is 429. The van der Waals surface area contributed by atoms with Gasteiger partial charge in [0.05, 0.1) is 0 Å². The average molecular weight is 256 g/mol. The van der Waals surface area contributed by atoms with Crippen LogP contribution in [0.3, 0.4) is 0 Å². The molecule has 1 heterocycles. The van der Waals surface area contributed by atoms with E-state index in [0.717, 1.165) is 0 Å². The number of amides is 1. The minimum Gasteiger partial charge on any atom is -0.480 e. The molecule has 0 fully saturated rings. The van der Waals surface area contributed by atoms with E-state index in [1.54, 1.807) is 0 Å². The number of carbonyl (C=O) groups is 2. The highest BCUT2D eigenvalue weighted by Gasteiger charge is 2.22. The van der Waals surface area contributed by atoms with Crippen LogP contribution in [0.5, 0.6) is 0 Å². The summed E-state index contributed by atoms with van der Waals surface area (Å²) in [7, 11) is 0. The van der Waals surface area contributed by atoms with Crippen LogP contribution in [0.4, 0.5) is 0 Å². The highest BCUT2D eigenvalue weighted by Crippen LogP contribution is 2.07. The second kappa shape index (κ2) is 6.10. The SMILES string of the molecule is CC(C)c1nc(C(=O)NC(CCO)C(=O)O)n[nH]1. The number of carbonyl (C=O) groups excluding carboxylic acids is 1. The molecule has 1 atom stereocenters. The second-order valence-electron chi connectivity index (χ2n) is 4.08. The molecule has 1 aromatic rings. The van der Waals surface area contributed by atoms with Gasteiger partial charge in [-0.1, -0.05) is 13.8 Å². The first kappa shape index (κ1) is 14.1. The van der Waals surface area contributed by atoms with Gasteiger partial charge in [-0.15, -0.1) is 5.10 Å². The van der Waals surface area contributed by atoms with Crippen molar-refractivity contribution >= 4 is 11.9 Å². The summed E-state index contributed by atoms with van der Waals surface area (Å²) in [6.45, 7) is 3.44. The third-order valence-electron chi connectivity index (χ3n) is 2.27. The van der Waals surface area contributed by atoms with Gasteiger partial charge in [0.15, 0.2) is 0 Å². The number of hydrogen-bond donors (Lipinski definition) is 4. The smallest absolute Gasteiger partial charge is 0.326 e. The minimum atomic E-state index is -1.21. The quantitative estimate of drug-likeness (QED) is 0.543. The van der Waals surface area contributed by atoms with Crippen molar-refractivity contribution in [3.05, 3.63) is 11.6 Å². The Labute approximate surface area is 103 Å². The van der Waals surface area contributed by atoms with Crippen molar-refractivity contribution < 1.29 is 19.8 Å². The highest BCUT2D eigenvalue weighted by molar-refractivity contribution is 5.93. The summed E-state index contributed by atoms with van der Waals surface area (Å²) < 4.78 is 0. The lowest BCUT2D eigenvalue weighted by Crippen LogP contribution is -2.41. The molecule has 0 saturated heterocycles. The van der Waals surface area contributed by atoms with E-state index in [9.17, 15) is 9.59 Å². The summed E-state index contributed by atoms with van der Waals surface area (Å²) in [5, 5.41) is 26.1. The number of aromatic amines is 1. The third kappa shape index (κ3) is 3.52. The molecule has 1 amide bonds. The molecule has 18 heavy (non-hydrogen) atoms. The number of aliphatic carboxylic acids is 1. The maximum atomic E-state index is 11.7. The standard InChI is InChI=1S/C10H16N4O4/c1-5(2)7-12-8(14-13-7)9(16)11-6(3-4-15)10(17)18/h5-6,15H,3-4H2,1-2H3,(H,11,16)(H,17,18)(H,12,13,14). The van der Waals surface area contributed by atoms with Crippen molar-refractivity contribution in [2.75, 3.05) is 6.61 Å². The van der Waals surface area contributed by atoms with Gasteiger partial charge in [-0.25, -0.2) is 9.78 Å². The Morgan fingerprint density at radius 3 is 2.56 bits per heavy atom. The number of nitrogens with one attached hydrogen (secondary N) is 2. The molecule has 0 aliphatic carbocycles. The van der Waals surface area contributed by atoms with Crippen LogP contribution in [0.25, 0.3) is 0 Å². The van der Waals surface area contributed by atoms with Gasteiger partial charge in [-0.2, -0.15) is 0 Å². The normalized spacial score (nSPS) is 12.4. The molecule has 0 saturated carbocycles. The average Bonchev–Trinajstić information content (AvgIpc) is 2.77. The summed E-state index contributed by atoms with van der Waals surface area (Å²) in [5.41, 5.74) is 0. The zero-order valence-corrected chi connectivity index (χ0v) is 10.2. The van der Waals surface area contributed by atoms with Crippen LogP contribution >= 0.6 is 0 Å². The molecule has 0 spiro atoms. The van der Waals surface area contributed by atoms with Crippen LogP contribution in [0.15, 0.2) is 0 Å². The minimum absolute atomic E-state index is 0.0669. The molecular formula is C10H16N4O4. The number of hydrogen-bond acceptors (Lipinski definition) is 5. The Hall–Kier alpha value is -1.96. The molecule has 0 bridgehead atoms. The van der Waals surface area contributed by atoms with Crippen LogP contribution in [0.2, 0.25) is 0 Å². The molecule has 8 nitrogen and oxygen atoms in total. The molecule has 0 radical (unpaired) electrons. The fraction of sp³-hybridized carbons (Fsp3) is 0.600. The van der Waals surface area contributed by atoms with Crippen molar-refractivity contribution in [2.45, 2.75) is 32.2 Å². The fourth-order valence-electron chi connectivity index (χ4n) is 1.24. The first-order chi connectivity index (χ1) is 8.45. The first-order valence-electron chi connectivity index (χ1n) is 5.52. The van der Waals surface area contributed by atoms with Crippen LogP contribution in [-0.4, -0.2) is 49.9 Å². The number of aromatic nitrogens is 3. The molecule has 1 aromatic heterocycles. The van der Waals surface area contributed by atoms with Gasteiger partial charge < -0.3 is 15.5 Å². The van der Waals surface area contributed by atoms with Crippen LogP contribution < -0.4 is 5.32 Å². The molecule has 0 aliphatic heterocycles. The molecule has 8 heteroatoms. The summed E-state index contributed by atoms with van der Waals surface area (Å²) in [4.78, 5) is 26.4. The van der Waals surface area contributed by atoms with E-state index >= 15 is 0 Å². The van der Waals surface area contributed by atoms with Gasteiger partial charge >= 0.3 is 5.97 Å². The zero-order valence-electron chi connectivity index (χ0n) is 10.2. The molecule has 100 valence electrons. The van der Waals surface area contributed by atoms with E-state index in [2.05, 4.69) is 20.5 Å². The lowest BCUT2D eigenvalue weighted by atomic mass is 10.2. The number of H-pyrrole nitrogens is 1. The zero-order chi connectivity index (χ0) is 13.7. The number of rotatable bonds is 6. The molecule has 1 unspecified atom stereocenters. The van der Waals surface area contributed by atoms with E-state index < -0.39 is 17.9 Å². The Morgan fingerprint density at radius 1 is 1.44 bits per heavy atom. The molecule has 0 aliphatic rings. The number of carboxylic acid groups (broad SMARTS) is 1. The molecule has 0 aromatic carbocycles. The van der Waals surface area contributed by atoms with Gasteiger partial charge in [0.2, 0.25) is 5.82 Å². The number of nitrogens with zero attached hydrogens (tertiary/aromatic N) is 2. The van der Waals surface area contributed by atoms with Crippen molar-refractivity contribution in [2.24, 2.45) is 0 Å². The summed E-state index contributed by atoms with van der Waals surface area (Å²) in [5.74, 6) is -1.36. The molecular weight excluding hydrogens is 240 g/mol.